The summed E-state index contributed by atoms with van der Waals surface area (Å²) in [6, 6.07) is 8.57. The number of nitrogens with zero attached hydrogens (tertiary/aromatic N) is 4. The molecule has 1 aromatic carbocycles. The zero-order chi connectivity index (χ0) is 24.3. The minimum Gasteiger partial charge on any atom is -0.494 e. The average molecular weight is 465 g/mol. The fourth-order valence-corrected chi connectivity index (χ4v) is 3.89. The lowest BCUT2D eigenvalue weighted by molar-refractivity contribution is -0.119. The van der Waals surface area contributed by atoms with E-state index in [4.69, 9.17) is 4.74 Å². The van der Waals surface area contributed by atoms with Crippen LogP contribution in [0.1, 0.15) is 65.5 Å². The summed E-state index contributed by atoms with van der Waals surface area (Å²) in [5, 5.41) is 10.3. The van der Waals surface area contributed by atoms with Crippen LogP contribution in [0.5, 0.6) is 5.75 Å². The predicted octanol–water partition coefficient (Wildman–Crippen LogP) is 4.99. The molecule has 4 rings (SSSR count). The Kier molecular flexibility index (Phi) is 6.81. The number of aliphatic imine (C=N–C) groups is 2. The van der Waals surface area contributed by atoms with Gasteiger partial charge in [-0.2, -0.15) is 14.8 Å². The average Bonchev–Trinajstić information content (AvgIpc) is 3.42. The third-order valence-corrected chi connectivity index (χ3v) is 5.87. The van der Waals surface area contributed by atoms with Crippen molar-refractivity contribution in [2.75, 3.05) is 17.2 Å². The highest BCUT2D eigenvalue weighted by atomic mass is 16.5. The van der Waals surface area contributed by atoms with Crippen LogP contribution in [0.3, 0.4) is 0 Å². The van der Waals surface area contributed by atoms with Crippen LogP contribution in [0.25, 0.3) is 0 Å². The Morgan fingerprint density at radius 1 is 1.18 bits per heavy atom. The first-order chi connectivity index (χ1) is 16.2. The summed E-state index contributed by atoms with van der Waals surface area (Å²) in [4.78, 5) is 34.1. The standard InChI is InChI=1S/C25H32N6O3/c1-5-6-14-34-17-12-10-16(11-13-17)26-24(33)28-21-15-20(25(2,3)4)30-31(21)23-27-19-9-7-8-18(19)22(32)29-23/h10-13,15,18H,5-9,14H2,1-4H3,(H2,26,28,33). The first-order valence-electron chi connectivity index (χ1n) is 11.9. The van der Waals surface area contributed by atoms with Gasteiger partial charge >= 0.3 is 6.03 Å². The second kappa shape index (κ2) is 9.79. The number of fused-ring (bicyclic) bond motifs is 1. The lowest BCUT2D eigenvalue weighted by Gasteiger charge is -2.16. The van der Waals surface area contributed by atoms with Crippen LogP contribution in [0, 0.1) is 5.92 Å². The molecular formula is C25H32N6O3. The molecule has 1 saturated carbocycles. The molecule has 2 heterocycles. The summed E-state index contributed by atoms with van der Waals surface area (Å²) in [7, 11) is 0. The van der Waals surface area contributed by atoms with Crippen molar-refractivity contribution in [3.05, 3.63) is 36.0 Å². The van der Waals surface area contributed by atoms with Crippen molar-refractivity contribution < 1.29 is 14.3 Å². The number of hydrogen-bond acceptors (Lipinski definition) is 5. The van der Waals surface area contributed by atoms with Crippen LogP contribution >= 0.6 is 0 Å². The minimum absolute atomic E-state index is 0.192. The number of benzene rings is 1. The summed E-state index contributed by atoms with van der Waals surface area (Å²) in [5.41, 5.74) is 1.95. The molecule has 1 aliphatic carbocycles. The van der Waals surface area contributed by atoms with Gasteiger partial charge in [-0.15, -0.1) is 0 Å². The number of anilines is 2. The summed E-state index contributed by atoms with van der Waals surface area (Å²) in [6.45, 7) is 8.87. The molecule has 34 heavy (non-hydrogen) atoms. The van der Waals surface area contributed by atoms with Gasteiger partial charge in [-0.3, -0.25) is 10.1 Å². The molecule has 1 atom stereocenters. The molecule has 2 N–H and O–H groups in total. The smallest absolute Gasteiger partial charge is 0.324 e. The number of carbonyl (C=O) groups excluding carboxylic acids is 2. The van der Waals surface area contributed by atoms with E-state index in [1.54, 1.807) is 18.2 Å². The molecule has 180 valence electrons. The number of unbranched alkanes of at least 4 members (excludes halogenated alkanes) is 1. The van der Waals surface area contributed by atoms with Crippen molar-refractivity contribution in [1.82, 2.24) is 9.78 Å². The third kappa shape index (κ3) is 5.35. The number of amides is 3. The van der Waals surface area contributed by atoms with Gasteiger partial charge < -0.3 is 10.1 Å². The van der Waals surface area contributed by atoms with Gasteiger partial charge in [0.2, 0.25) is 0 Å². The molecule has 9 nitrogen and oxygen atoms in total. The van der Waals surface area contributed by atoms with E-state index in [9.17, 15) is 9.59 Å². The Labute approximate surface area is 199 Å². The van der Waals surface area contributed by atoms with Crippen molar-refractivity contribution in [3.8, 4) is 5.75 Å². The molecule has 0 radical (unpaired) electrons. The van der Waals surface area contributed by atoms with Gasteiger partial charge in [-0.1, -0.05) is 34.1 Å². The van der Waals surface area contributed by atoms with E-state index in [0.29, 0.717) is 18.1 Å². The third-order valence-electron chi connectivity index (χ3n) is 5.87. The van der Waals surface area contributed by atoms with Crippen molar-refractivity contribution in [2.24, 2.45) is 15.9 Å². The number of urea groups is 1. The van der Waals surface area contributed by atoms with E-state index >= 15 is 0 Å². The zero-order valence-corrected chi connectivity index (χ0v) is 20.2. The molecule has 1 unspecified atom stereocenters. The van der Waals surface area contributed by atoms with Crippen molar-refractivity contribution in [1.29, 1.82) is 0 Å². The molecule has 9 heteroatoms. The summed E-state index contributed by atoms with van der Waals surface area (Å²) >= 11 is 0. The maximum Gasteiger partial charge on any atom is 0.324 e. The lowest BCUT2D eigenvalue weighted by Crippen LogP contribution is -2.29. The van der Waals surface area contributed by atoms with Gasteiger partial charge in [0, 0.05) is 22.9 Å². The summed E-state index contributed by atoms with van der Waals surface area (Å²) in [6.07, 6.45) is 4.57. The van der Waals surface area contributed by atoms with Crippen LogP contribution in [-0.4, -0.2) is 40.0 Å². The second-order valence-electron chi connectivity index (χ2n) is 9.68. The van der Waals surface area contributed by atoms with Crippen molar-refractivity contribution in [2.45, 2.75) is 65.2 Å². The Bertz CT molecular complexity index is 1120. The fraction of sp³-hybridized carbons (Fsp3) is 0.480. The predicted molar refractivity (Wildman–Crippen MR) is 133 cm³/mol. The van der Waals surface area contributed by atoms with Crippen molar-refractivity contribution in [3.63, 3.8) is 0 Å². The van der Waals surface area contributed by atoms with E-state index in [0.717, 1.165) is 49.3 Å². The first-order valence-corrected chi connectivity index (χ1v) is 11.9. The second-order valence-corrected chi connectivity index (χ2v) is 9.68. The Balaban J connectivity index is 1.52. The van der Waals surface area contributed by atoms with Gasteiger partial charge in [0.05, 0.1) is 18.2 Å². The van der Waals surface area contributed by atoms with Gasteiger partial charge in [0.1, 0.15) is 11.6 Å². The van der Waals surface area contributed by atoms with E-state index in [2.05, 4.69) is 32.6 Å². The normalized spacial score (nSPS) is 17.6. The topological polar surface area (TPSA) is 110 Å². The summed E-state index contributed by atoms with van der Waals surface area (Å²) in [5.74, 6) is 0.945. The largest absolute Gasteiger partial charge is 0.494 e. The van der Waals surface area contributed by atoms with Gasteiger partial charge in [0.25, 0.3) is 11.9 Å². The van der Waals surface area contributed by atoms with E-state index in [1.807, 2.05) is 32.9 Å². The maximum absolute atomic E-state index is 12.8. The molecule has 1 aromatic heterocycles. The van der Waals surface area contributed by atoms with Gasteiger partial charge in [0.15, 0.2) is 0 Å². The highest BCUT2D eigenvalue weighted by Gasteiger charge is 2.34. The van der Waals surface area contributed by atoms with Crippen LogP contribution in [0.4, 0.5) is 16.3 Å². The van der Waals surface area contributed by atoms with Crippen LogP contribution in [0.15, 0.2) is 40.3 Å². The van der Waals surface area contributed by atoms with Crippen LogP contribution in [0.2, 0.25) is 0 Å². The van der Waals surface area contributed by atoms with Gasteiger partial charge in [-0.25, -0.2) is 9.79 Å². The Morgan fingerprint density at radius 2 is 1.94 bits per heavy atom. The fourth-order valence-electron chi connectivity index (χ4n) is 3.89. The first kappa shape index (κ1) is 23.7. The highest BCUT2D eigenvalue weighted by Crippen LogP contribution is 2.29. The summed E-state index contributed by atoms with van der Waals surface area (Å²) < 4.78 is 7.11. The minimum atomic E-state index is -0.435. The van der Waals surface area contributed by atoms with E-state index in [-0.39, 0.29) is 23.2 Å². The number of rotatable bonds is 6. The molecule has 0 bridgehead atoms. The molecular weight excluding hydrogens is 432 g/mol. The SMILES string of the molecule is CCCCOc1ccc(NC(=O)Nc2cc(C(C)(C)C)nn2C2=NC(=O)C3CCCC3=N2)cc1. The van der Waals surface area contributed by atoms with Crippen LogP contribution in [-0.2, 0) is 10.2 Å². The number of aromatic nitrogens is 2. The van der Waals surface area contributed by atoms with Crippen LogP contribution < -0.4 is 15.4 Å². The zero-order valence-electron chi connectivity index (χ0n) is 20.2. The molecule has 2 aliphatic rings. The molecule has 0 saturated heterocycles. The van der Waals surface area contributed by atoms with E-state index in [1.165, 1.54) is 4.68 Å². The molecule has 0 spiro atoms. The monoisotopic (exact) mass is 464 g/mol. The molecule has 2 aromatic rings. The van der Waals surface area contributed by atoms with E-state index < -0.39 is 6.03 Å². The number of hydrogen-bond donors (Lipinski definition) is 2. The Morgan fingerprint density at radius 3 is 2.65 bits per heavy atom. The molecule has 3 amide bonds. The van der Waals surface area contributed by atoms with Crippen molar-refractivity contribution >= 4 is 35.1 Å². The number of ether oxygens (including phenoxy) is 1. The molecule has 1 fully saturated rings. The number of nitrogens with one attached hydrogen (secondary N) is 2. The maximum atomic E-state index is 12.8. The Hall–Kier alpha value is -3.49. The highest BCUT2D eigenvalue weighted by molar-refractivity contribution is 6.17. The number of carbonyl (C=O) groups is 2. The molecule has 1 aliphatic heterocycles. The van der Waals surface area contributed by atoms with Gasteiger partial charge in [-0.05, 0) is 49.9 Å². The quantitative estimate of drug-likeness (QED) is 0.587. The lowest BCUT2D eigenvalue weighted by atomic mass is 9.92.